The fourth-order valence-corrected chi connectivity index (χ4v) is 3.36. The van der Waals surface area contributed by atoms with E-state index in [1.807, 2.05) is 17.5 Å². The van der Waals surface area contributed by atoms with Gasteiger partial charge in [0.25, 0.3) is 5.69 Å². The number of anilines is 1. The van der Waals surface area contributed by atoms with Gasteiger partial charge in [-0.15, -0.1) is 11.3 Å². The number of hydrogen-bond donors (Lipinski definition) is 2. The molecule has 2 aromatic carbocycles. The monoisotopic (exact) mass is 385 g/mol. The highest BCUT2D eigenvalue weighted by Crippen LogP contribution is 2.26. The fourth-order valence-electron chi connectivity index (χ4n) is 2.55. The molecule has 0 fully saturated rings. The lowest BCUT2D eigenvalue weighted by Crippen LogP contribution is -2.33. The van der Waals surface area contributed by atoms with Gasteiger partial charge in [0.15, 0.2) is 0 Å². The Morgan fingerprint density at radius 1 is 1.15 bits per heavy atom. The maximum absolute atomic E-state index is 13.2. The zero-order chi connectivity index (χ0) is 19.2. The van der Waals surface area contributed by atoms with Crippen molar-refractivity contribution in [2.24, 2.45) is 0 Å². The molecule has 0 bridgehead atoms. The summed E-state index contributed by atoms with van der Waals surface area (Å²) in [7, 11) is 0. The molecule has 1 atom stereocenters. The topological polar surface area (TPSA) is 84.3 Å². The number of carbonyl (C=O) groups is 1. The van der Waals surface area contributed by atoms with Crippen LogP contribution in [0.3, 0.4) is 0 Å². The molecule has 6 nitrogen and oxygen atoms in total. The van der Waals surface area contributed by atoms with Crippen LogP contribution in [0.5, 0.6) is 0 Å². The maximum Gasteiger partial charge on any atom is 0.271 e. The molecule has 3 aromatic rings. The summed E-state index contributed by atoms with van der Waals surface area (Å²) < 4.78 is 13.2. The number of nitro benzene ring substituents is 1. The number of carbonyl (C=O) groups excluding carboxylic acids is 1. The van der Waals surface area contributed by atoms with Gasteiger partial charge >= 0.3 is 0 Å². The van der Waals surface area contributed by atoms with E-state index in [0.717, 1.165) is 10.4 Å². The molecule has 27 heavy (non-hydrogen) atoms. The SMILES string of the molecule is O=C(CNc1cccc([N+](=O)[O-])c1)N[C@H](c1ccc(F)cc1)c1cccs1. The Bertz CT molecular complexity index is 930. The Hall–Kier alpha value is -3.26. The predicted molar refractivity (Wildman–Crippen MR) is 102 cm³/mol. The van der Waals surface area contributed by atoms with Gasteiger partial charge in [-0.1, -0.05) is 24.3 Å². The van der Waals surface area contributed by atoms with E-state index in [0.29, 0.717) is 5.69 Å². The molecule has 0 saturated heterocycles. The minimum Gasteiger partial charge on any atom is -0.376 e. The van der Waals surface area contributed by atoms with Crippen molar-refractivity contribution in [1.29, 1.82) is 0 Å². The van der Waals surface area contributed by atoms with Gasteiger partial charge in [0.1, 0.15) is 5.82 Å². The number of thiophene rings is 1. The third-order valence-corrected chi connectivity index (χ3v) is 4.78. The fraction of sp³-hybridized carbons (Fsp3) is 0.105. The Kier molecular flexibility index (Phi) is 5.77. The molecule has 0 aliphatic heterocycles. The van der Waals surface area contributed by atoms with Crippen LogP contribution in [-0.2, 0) is 4.79 Å². The number of nitrogens with zero attached hydrogens (tertiary/aromatic N) is 1. The molecule has 0 unspecified atom stereocenters. The number of amides is 1. The maximum atomic E-state index is 13.2. The zero-order valence-corrected chi connectivity index (χ0v) is 14.9. The summed E-state index contributed by atoms with van der Waals surface area (Å²) in [6.45, 7) is -0.0514. The first-order chi connectivity index (χ1) is 13.0. The summed E-state index contributed by atoms with van der Waals surface area (Å²) in [5, 5.41) is 18.5. The Morgan fingerprint density at radius 3 is 2.59 bits per heavy atom. The minimum atomic E-state index is -0.493. The summed E-state index contributed by atoms with van der Waals surface area (Å²) in [6, 6.07) is 15.3. The van der Waals surface area contributed by atoms with Crippen LogP contribution in [0.25, 0.3) is 0 Å². The van der Waals surface area contributed by atoms with Gasteiger partial charge in [-0.3, -0.25) is 14.9 Å². The molecule has 138 valence electrons. The van der Waals surface area contributed by atoms with Crippen molar-refractivity contribution in [2.75, 3.05) is 11.9 Å². The van der Waals surface area contributed by atoms with Crippen molar-refractivity contribution in [3.8, 4) is 0 Å². The van der Waals surface area contributed by atoms with Gasteiger partial charge in [-0.25, -0.2) is 4.39 Å². The van der Waals surface area contributed by atoms with Gasteiger partial charge in [0.2, 0.25) is 5.91 Å². The summed E-state index contributed by atoms with van der Waals surface area (Å²) >= 11 is 1.49. The van der Waals surface area contributed by atoms with Crippen LogP contribution < -0.4 is 10.6 Å². The number of benzene rings is 2. The first kappa shape index (κ1) is 18.5. The molecule has 0 spiro atoms. The highest BCUT2D eigenvalue weighted by atomic mass is 32.1. The highest BCUT2D eigenvalue weighted by Gasteiger charge is 2.18. The molecule has 2 N–H and O–H groups in total. The van der Waals surface area contributed by atoms with E-state index in [1.165, 1.54) is 35.6 Å². The number of halogens is 1. The smallest absolute Gasteiger partial charge is 0.271 e. The average molecular weight is 385 g/mol. The van der Waals surface area contributed by atoms with E-state index in [9.17, 15) is 19.3 Å². The Morgan fingerprint density at radius 2 is 1.93 bits per heavy atom. The van der Waals surface area contributed by atoms with Gasteiger partial charge in [-0.05, 0) is 35.2 Å². The molecule has 1 heterocycles. The van der Waals surface area contributed by atoms with Crippen molar-refractivity contribution >= 4 is 28.6 Å². The number of rotatable bonds is 7. The Labute approximate surface area is 158 Å². The summed E-state index contributed by atoms with van der Waals surface area (Å²) in [5.74, 6) is -0.633. The van der Waals surface area contributed by atoms with Crippen molar-refractivity contribution in [1.82, 2.24) is 5.32 Å². The molecule has 8 heteroatoms. The average Bonchev–Trinajstić information content (AvgIpc) is 3.20. The second-order valence-electron chi connectivity index (χ2n) is 5.73. The van der Waals surface area contributed by atoms with E-state index in [-0.39, 0.29) is 24.0 Å². The van der Waals surface area contributed by atoms with Crippen molar-refractivity contribution in [2.45, 2.75) is 6.04 Å². The minimum absolute atomic E-state index is 0.0514. The number of nitrogens with one attached hydrogen (secondary N) is 2. The predicted octanol–water partition coefficient (Wildman–Crippen LogP) is 4.11. The summed E-state index contributed by atoms with van der Waals surface area (Å²) in [5.41, 5.74) is 1.19. The standard InChI is InChI=1S/C19H16FN3O3S/c20-14-8-6-13(7-9-14)19(17-5-2-10-27-17)22-18(24)12-21-15-3-1-4-16(11-15)23(25)26/h1-11,19,21H,12H2,(H,22,24)/t19-/m1/s1. The van der Waals surface area contributed by atoms with E-state index in [2.05, 4.69) is 10.6 Å². The lowest BCUT2D eigenvalue weighted by atomic mass is 10.1. The zero-order valence-electron chi connectivity index (χ0n) is 14.1. The molecule has 3 rings (SSSR count). The van der Waals surface area contributed by atoms with Crippen LogP contribution >= 0.6 is 11.3 Å². The van der Waals surface area contributed by atoms with Gasteiger partial charge in [0.05, 0.1) is 17.5 Å². The number of hydrogen-bond acceptors (Lipinski definition) is 5. The van der Waals surface area contributed by atoms with Crippen molar-refractivity contribution in [3.05, 3.63) is 92.4 Å². The third-order valence-electron chi connectivity index (χ3n) is 3.85. The van der Waals surface area contributed by atoms with Crippen molar-refractivity contribution < 1.29 is 14.1 Å². The van der Waals surface area contributed by atoms with Crippen molar-refractivity contribution in [3.63, 3.8) is 0 Å². The normalized spacial score (nSPS) is 11.6. The highest BCUT2D eigenvalue weighted by molar-refractivity contribution is 7.10. The molecular formula is C19H16FN3O3S. The number of nitro groups is 1. The van der Waals surface area contributed by atoms with E-state index >= 15 is 0 Å². The van der Waals surface area contributed by atoms with Crippen LogP contribution in [0.15, 0.2) is 66.0 Å². The molecular weight excluding hydrogens is 369 g/mol. The molecule has 1 amide bonds. The van der Waals surface area contributed by atoms with E-state index in [4.69, 9.17) is 0 Å². The largest absolute Gasteiger partial charge is 0.376 e. The second-order valence-corrected chi connectivity index (χ2v) is 6.71. The lowest BCUT2D eigenvalue weighted by molar-refractivity contribution is -0.384. The molecule has 0 saturated carbocycles. The lowest BCUT2D eigenvalue weighted by Gasteiger charge is -2.18. The molecule has 0 aliphatic carbocycles. The van der Waals surface area contributed by atoms with Crippen LogP contribution in [0, 0.1) is 15.9 Å². The van der Waals surface area contributed by atoms with Crippen LogP contribution in [0.4, 0.5) is 15.8 Å². The van der Waals surface area contributed by atoms with E-state index in [1.54, 1.807) is 24.3 Å². The Balaban J connectivity index is 1.69. The molecule has 0 radical (unpaired) electrons. The molecule has 1 aromatic heterocycles. The number of non-ortho nitro benzene ring substituents is 1. The second kappa shape index (κ2) is 8.41. The first-order valence-corrected chi connectivity index (χ1v) is 8.97. The molecule has 0 aliphatic rings. The van der Waals surface area contributed by atoms with Crippen LogP contribution in [-0.4, -0.2) is 17.4 Å². The summed E-state index contributed by atoms with van der Waals surface area (Å²) in [6.07, 6.45) is 0. The van der Waals surface area contributed by atoms with Gasteiger partial charge in [-0.2, -0.15) is 0 Å². The third kappa shape index (κ3) is 4.89. The quantitative estimate of drug-likeness (QED) is 0.473. The van der Waals surface area contributed by atoms with Gasteiger partial charge in [0, 0.05) is 22.7 Å². The van der Waals surface area contributed by atoms with Crippen LogP contribution in [0.2, 0.25) is 0 Å². The van der Waals surface area contributed by atoms with Gasteiger partial charge < -0.3 is 10.6 Å². The first-order valence-electron chi connectivity index (χ1n) is 8.09. The van der Waals surface area contributed by atoms with Crippen LogP contribution in [0.1, 0.15) is 16.5 Å². The summed E-state index contributed by atoms with van der Waals surface area (Å²) in [4.78, 5) is 23.7. The van der Waals surface area contributed by atoms with E-state index < -0.39 is 11.0 Å².